The Morgan fingerprint density at radius 1 is 1.21 bits per heavy atom. The van der Waals surface area contributed by atoms with Gasteiger partial charge < -0.3 is 9.47 Å². The average Bonchev–Trinajstić information content (AvgIpc) is 2.79. The SMILES string of the molecule is CCOc1cc(C=NNC(=O)c2cccnc2Cl)cc(Cl)c1OCc1ccc([N+](=O)[O-])cc1. The lowest BCUT2D eigenvalue weighted by Crippen LogP contribution is -2.18. The molecule has 0 aliphatic carbocycles. The number of nitro benzene ring substituents is 1. The van der Waals surface area contributed by atoms with Crippen molar-refractivity contribution >= 4 is 41.0 Å². The van der Waals surface area contributed by atoms with E-state index in [4.69, 9.17) is 32.7 Å². The number of pyridine rings is 1. The number of hydrazone groups is 1. The van der Waals surface area contributed by atoms with Crippen LogP contribution in [0.3, 0.4) is 0 Å². The first-order valence-corrected chi connectivity index (χ1v) is 10.4. The summed E-state index contributed by atoms with van der Waals surface area (Å²) in [6, 6.07) is 12.4. The van der Waals surface area contributed by atoms with Crippen molar-refractivity contribution in [2.45, 2.75) is 13.5 Å². The molecule has 0 aliphatic rings. The van der Waals surface area contributed by atoms with Gasteiger partial charge in [-0.2, -0.15) is 5.10 Å². The van der Waals surface area contributed by atoms with Gasteiger partial charge in [0.25, 0.3) is 11.6 Å². The summed E-state index contributed by atoms with van der Waals surface area (Å²) in [6.45, 7) is 2.31. The predicted molar refractivity (Wildman–Crippen MR) is 124 cm³/mol. The quantitative estimate of drug-likeness (QED) is 0.195. The van der Waals surface area contributed by atoms with Crippen LogP contribution >= 0.6 is 23.2 Å². The molecule has 0 aliphatic heterocycles. The highest BCUT2D eigenvalue weighted by molar-refractivity contribution is 6.33. The summed E-state index contributed by atoms with van der Waals surface area (Å²) in [5.41, 5.74) is 3.85. The second-order valence-electron chi connectivity index (χ2n) is 6.52. The van der Waals surface area contributed by atoms with E-state index in [9.17, 15) is 14.9 Å². The maximum absolute atomic E-state index is 12.2. The maximum atomic E-state index is 12.2. The Hall–Kier alpha value is -3.69. The van der Waals surface area contributed by atoms with Gasteiger partial charge in [-0.05, 0) is 54.4 Å². The Kier molecular flexibility index (Phi) is 8.17. The van der Waals surface area contributed by atoms with Gasteiger partial charge in [0.2, 0.25) is 0 Å². The van der Waals surface area contributed by atoms with Crippen molar-refractivity contribution < 1.29 is 19.2 Å². The van der Waals surface area contributed by atoms with E-state index in [-0.39, 0.29) is 28.0 Å². The minimum absolute atomic E-state index is 0.00619. The standard InChI is InChI=1S/C22H18Cl2N4O5/c1-2-32-19-11-15(12-26-27-22(29)17-4-3-9-25-21(17)24)10-18(23)20(19)33-13-14-5-7-16(8-6-14)28(30)31/h3-12H,2,13H2,1H3,(H,27,29). The molecule has 0 bridgehead atoms. The first-order chi connectivity index (χ1) is 15.9. The van der Waals surface area contributed by atoms with Crippen LogP contribution in [-0.2, 0) is 6.61 Å². The third-order valence-electron chi connectivity index (χ3n) is 4.25. The molecule has 0 saturated carbocycles. The summed E-state index contributed by atoms with van der Waals surface area (Å²) < 4.78 is 11.4. The molecular formula is C22H18Cl2N4O5. The number of non-ortho nitro benzene ring substituents is 1. The van der Waals surface area contributed by atoms with Gasteiger partial charge in [0.15, 0.2) is 11.5 Å². The normalized spacial score (nSPS) is 10.8. The van der Waals surface area contributed by atoms with Crippen LogP contribution in [0.15, 0.2) is 59.8 Å². The smallest absolute Gasteiger partial charge is 0.274 e. The van der Waals surface area contributed by atoms with Gasteiger partial charge in [-0.15, -0.1) is 0 Å². The zero-order valence-corrected chi connectivity index (χ0v) is 18.8. The van der Waals surface area contributed by atoms with Crippen molar-refractivity contribution in [2.75, 3.05) is 6.61 Å². The Bertz CT molecular complexity index is 1190. The molecule has 1 N–H and O–H groups in total. The molecule has 0 saturated heterocycles. The van der Waals surface area contributed by atoms with E-state index in [1.54, 1.807) is 30.3 Å². The number of ether oxygens (including phenoxy) is 2. The number of aromatic nitrogens is 1. The number of carbonyl (C=O) groups excluding carboxylic acids is 1. The molecule has 0 fully saturated rings. The number of nitro groups is 1. The van der Waals surface area contributed by atoms with Crippen LogP contribution < -0.4 is 14.9 Å². The van der Waals surface area contributed by atoms with E-state index in [2.05, 4.69) is 15.5 Å². The van der Waals surface area contributed by atoms with Gasteiger partial charge >= 0.3 is 0 Å². The van der Waals surface area contributed by atoms with E-state index in [1.165, 1.54) is 30.6 Å². The second kappa shape index (κ2) is 11.3. The van der Waals surface area contributed by atoms with Gasteiger partial charge in [0, 0.05) is 18.3 Å². The fraction of sp³-hybridized carbons (Fsp3) is 0.136. The van der Waals surface area contributed by atoms with Gasteiger partial charge in [-0.3, -0.25) is 14.9 Å². The predicted octanol–water partition coefficient (Wildman–Crippen LogP) is 5.04. The van der Waals surface area contributed by atoms with Gasteiger partial charge in [0.1, 0.15) is 11.8 Å². The molecule has 1 aromatic heterocycles. The molecule has 33 heavy (non-hydrogen) atoms. The highest BCUT2D eigenvalue weighted by Gasteiger charge is 2.14. The highest BCUT2D eigenvalue weighted by Crippen LogP contribution is 2.37. The van der Waals surface area contributed by atoms with E-state index < -0.39 is 10.8 Å². The van der Waals surface area contributed by atoms with Crippen molar-refractivity contribution in [1.82, 2.24) is 10.4 Å². The Balaban J connectivity index is 1.72. The van der Waals surface area contributed by atoms with E-state index >= 15 is 0 Å². The molecule has 0 atom stereocenters. The van der Waals surface area contributed by atoms with Crippen LogP contribution in [0.5, 0.6) is 11.5 Å². The minimum Gasteiger partial charge on any atom is -0.490 e. The Morgan fingerprint density at radius 3 is 2.64 bits per heavy atom. The summed E-state index contributed by atoms with van der Waals surface area (Å²) in [4.78, 5) is 26.3. The van der Waals surface area contributed by atoms with Crippen molar-refractivity contribution in [1.29, 1.82) is 0 Å². The van der Waals surface area contributed by atoms with E-state index in [1.807, 2.05) is 6.92 Å². The fourth-order valence-corrected chi connectivity index (χ4v) is 3.19. The summed E-state index contributed by atoms with van der Waals surface area (Å²) >= 11 is 12.3. The summed E-state index contributed by atoms with van der Waals surface area (Å²) in [7, 11) is 0. The molecular weight excluding hydrogens is 471 g/mol. The topological polar surface area (TPSA) is 116 Å². The first kappa shape index (κ1) is 24.0. The molecule has 9 nitrogen and oxygen atoms in total. The van der Waals surface area contributed by atoms with Crippen LogP contribution in [0.2, 0.25) is 10.2 Å². The van der Waals surface area contributed by atoms with E-state index in [0.29, 0.717) is 23.7 Å². The largest absolute Gasteiger partial charge is 0.490 e. The van der Waals surface area contributed by atoms with Crippen LogP contribution in [0, 0.1) is 10.1 Å². The molecule has 2 aromatic carbocycles. The molecule has 0 radical (unpaired) electrons. The number of hydrogen-bond donors (Lipinski definition) is 1. The number of amides is 1. The van der Waals surface area contributed by atoms with Gasteiger partial charge in [-0.1, -0.05) is 23.2 Å². The molecule has 3 aromatic rings. The number of nitrogens with one attached hydrogen (secondary N) is 1. The Labute approximate surface area is 199 Å². The van der Waals surface area contributed by atoms with Crippen molar-refractivity contribution in [3.8, 4) is 11.5 Å². The zero-order chi connectivity index (χ0) is 23.8. The molecule has 3 rings (SSSR count). The summed E-state index contributed by atoms with van der Waals surface area (Å²) in [6.07, 6.45) is 2.88. The third kappa shape index (κ3) is 6.41. The molecule has 1 amide bonds. The van der Waals surface area contributed by atoms with Crippen LogP contribution in [0.1, 0.15) is 28.4 Å². The number of hydrogen-bond acceptors (Lipinski definition) is 7. The monoisotopic (exact) mass is 488 g/mol. The molecule has 0 spiro atoms. The van der Waals surface area contributed by atoms with Gasteiger partial charge in [-0.25, -0.2) is 10.4 Å². The number of halogens is 2. The maximum Gasteiger partial charge on any atom is 0.274 e. The van der Waals surface area contributed by atoms with Crippen LogP contribution in [0.4, 0.5) is 5.69 Å². The summed E-state index contributed by atoms with van der Waals surface area (Å²) in [5, 5.41) is 15.0. The number of carbonyl (C=O) groups is 1. The molecule has 1 heterocycles. The first-order valence-electron chi connectivity index (χ1n) is 9.65. The zero-order valence-electron chi connectivity index (χ0n) is 17.3. The number of nitrogens with zero attached hydrogens (tertiary/aromatic N) is 3. The van der Waals surface area contributed by atoms with Crippen LogP contribution in [0.25, 0.3) is 0 Å². The second-order valence-corrected chi connectivity index (χ2v) is 7.28. The number of rotatable bonds is 9. The number of benzene rings is 2. The van der Waals surface area contributed by atoms with Crippen molar-refractivity contribution in [3.05, 3.63) is 91.7 Å². The van der Waals surface area contributed by atoms with Crippen molar-refractivity contribution in [3.63, 3.8) is 0 Å². The molecule has 0 unspecified atom stereocenters. The lowest BCUT2D eigenvalue weighted by molar-refractivity contribution is -0.384. The van der Waals surface area contributed by atoms with Gasteiger partial charge in [0.05, 0.1) is 28.3 Å². The fourth-order valence-electron chi connectivity index (χ4n) is 2.72. The molecule has 170 valence electrons. The highest BCUT2D eigenvalue weighted by atomic mass is 35.5. The lowest BCUT2D eigenvalue weighted by atomic mass is 10.2. The molecule has 11 heteroatoms. The Morgan fingerprint density at radius 2 is 1.97 bits per heavy atom. The van der Waals surface area contributed by atoms with Crippen molar-refractivity contribution in [2.24, 2.45) is 5.10 Å². The lowest BCUT2D eigenvalue weighted by Gasteiger charge is -2.14. The third-order valence-corrected chi connectivity index (χ3v) is 4.83. The van der Waals surface area contributed by atoms with Crippen LogP contribution in [-0.4, -0.2) is 28.6 Å². The minimum atomic E-state index is -0.511. The average molecular weight is 489 g/mol. The van der Waals surface area contributed by atoms with E-state index in [0.717, 1.165) is 5.56 Å². The summed E-state index contributed by atoms with van der Waals surface area (Å²) in [5.74, 6) is 0.193.